The van der Waals surface area contributed by atoms with Crippen LogP contribution in [0.2, 0.25) is 0 Å². The Hall–Kier alpha value is -2.50. The highest BCUT2D eigenvalue weighted by Gasteiger charge is 2.16. The van der Waals surface area contributed by atoms with E-state index >= 15 is 0 Å². The first-order chi connectivity index (χ1) is 11.1. The predicted octanol–water partition coefficient (Wildman–Crippen LogP) is 2.25. The third kappa shape index (κ3) is 4.25. The van der Waals surface area contributed by atoms with E-state index in [0.29, 0.717) is 11.5 Å². The first-order valence-corrected chi connectivity index (χ1v) is 7.56. The first kappa shape index (κ1) is 16.9. The van der Waals surface area contributed by atoms with Gasteiger partial charge in [0.1, 0.15) is 11.5 Å². The Morgan fingerprint density at radius 3 is 2.70 bits per heavy atom. The van der Waals surface area contributed by atoms with E-state index in [2.05, 4.69) is 10.4 Å². The zero-order chi connectivity index (χ0) is 16.8. The minimum atomic E-state index is -0.0627. The van der Waals surface area contributed by atoms with Gasteiger partial charge in [0.25, 0.3) is 0 Å². The van der Waals surface area contributed by atoms with Gasteiger partial charge in [-0.25, -0.2) is 0 Å². The highest BCUT2D eigenvalue weighted by Crippen LogP contribution is 2.25. The van der Waals surface area contributed by atoms with Gasteiger partial charge in [0.05, 0.1) is 32.9 Å². The van der Waals surface area contributed by atoms with E-state index in [4.69, 9.17) is 9.47 Å². The molecule has 1 atom stereocenters. The number of nitrogens with one attached hydrogen (secondary N) is 1. The summed E-state index contributed by atoms with van der Waals surface area (Å²) in [6, 6.07) is 5.39. The van der Waals surface area contributed by atoms with Crippen LogP contribution >= 0.6 is 0 Å². The van der Waals surface area contributed by atoms with Crippen molar-refractivity contribution < 1.29 is 14.3 Å². The highest BCUT2D eigenvalue weighted by atomic mass is 16.5. The minimum absolute atomic E-state index is 0.0483. The number of methoxy groups -OCH3 is 2. The molecule has 1 N–H and O–H groups in total. The Morgan fingerprint density at radius 2 is 2.13 bits per heavy atom. The molecule has 2 rings (SSSR count). The number of carbonyl (C=O) groups excluding carboxylic acids is 1. The summed E-state index contributed by atoms with van der Waals surface area (Å²) in [6.07, 6.45) is 4.73. The SMILES string of the molecule is CCC(NC(=O)Cc1cc(OC)ccc1OC)c1cnn(C)c1. The fourth-order valence-corrected chi connectivity index (χ4v) is 2.48. The molecule has 0 radical (unpaired) electrons. The summed E-state index contributed by atoms with van der Waals surface area (Å²) in [6.45, 7) is 2.03. The van der Waals surface area contributed by atoms with Crippen molar-refractivity contribution in [3.8, 4) is 11.5 Å². The van der Waals surface area contributed by atoms with Crippen LogP contribution in [0.25, 0.3) is 0 Å². The predicted molar refractivity (Wildman–Crippen MR) is 87.6 cm³/mol. The molecule has 2 aromatic rings. The van der Waals surface area contributed by atoms with Crippen LogP contribution in [0.5, 0.6) is 11.5 Å². The van der Waals surface area contributed by atoms with Crippen molar-refractivity contribution >= 4 is 5.91 Å². The van der Waals surface area contributed by atoms with Crippen molar-refractivity contribution in [1.82, 2.24) is 15.1 Å². The molecule has 1 aromatic carbocycles. The second kappa shape index (κ2) is 7.67. The number of benzene rings is 1. The Bertz CT molecular complexity index is 667. The summed E-state index contributed by atoms with van der Waals surface area (Å²) in [5.41, 5.74) is 1.80. The molecule has 0 aliphatic rings. The topological polar surface area (TPSA) is 65.4 Å². The molecule has 1 amide bonds. The van der Waals surface area contributed by atoms with Crippen LogP contribution in [0, 0.1) is 0 Å². The molecule has 0 spiro atoms. The van der Waals surface area contributed by atoms with E-state index in [9.17, 15) is 4.79 Å². The van der Waals surface area contributed by atoms with Crippen LogP contribution in [0.15, 0.2) is 30.6 Å². The number of ether oxygens (including phenoxy) is 2. The number of aryl methyl sites for hydroxylation is 1. The molecule has 0 bridgehead atoms. The number of rotatable bonds is 7. The van der Waals surface area contributed by atoms with Crippen LogP contribution < -0.4 is 14.8 Å². The van der Waals surface area contributed by atoms with Crippen LogP contribution in [0.3, 0.4) is 0 Å². The molecule has 23 heavy (non-hydrogen) atoms. The second-order valence-electron chi connectivity index (χ2n) is 5.33. The van der Waals surface area contributed by atoms with E-state index in [1.807, 2.05) is 32.3 Å². The second-order valence-corrected chi connectivity index (χ2v) is 5.33. The highest BCUT2D eigenvalue weighted by molar-refractivity contribution is 5.80. The van der Waals surface area contributed by atoms with Crippen LogP contribution in [-0.4, -0.2) is 29.9 Å². The van der Waals surface area contributed by atoms with Crippen LogP contribution in [0.4, 0.5) is 0 Å². The van der Waals surface area contributed by atoms with E-state index in [1.165, 1.54) is 0 Å². The van der Waals surface area contributed by atoms with Gasteiger partial charge in [0, 0.05) is 24.4 Å². The summed E-state index contributed by atoms with van der Waals surface area (Å²) in [5.74, 6) is 1.32. The maximum Gasteiger partial charge on any atom is 0.225 e. The number of nitrogens with zero attached hydrogens (tertiary/aromatic N) is 2. The van der Waals surface area contributed by atoms with Gasteiger partial charge in [-0.2, -0.15) is 5.10 Å². The van der Waals surface area contributed by atoms with E-state index < -0.39 is 0 Å². The number of amides is 1. The monoisotopic (exact) mass is 317 g/mol. The Kier molecular flexibility index (Phi) is 5.62. The lowest BCUT2D eigenvalue weighted by Gasteiger charge is -2.16. The average Bonchev–Trinajstić information content (AvgIpc) is 2.98. The average molecular weight is 317 g/mol. The molecule has 0 aliphatic carbocycles. The quantitative estimate of drug-likeness (QED) is 0.850. The first-order valence-electron chi connectivity index (χ1n) is 7.56. The molecule has 6 heteroatoms. The lowest BCUT2D eigenvalue weighted by molar-refractivity contribution is -0.121. The van der Waals surface area contributed by atoms with E-state index in [0.717, 1.165) is 17.5 Å². The van der Waals surface area contributed by atoms with Crippen LogP contribution in [0.1, 0.15) is 30.5 Å². The Morgan fingerprint density at radius 1 is 1.35 bits per heavy atom. The molecule has 0 aliphatic heterocycles. The summed E-state index contributed by atoms with van der Waals surface area (Å²) >= 11 is 0. The molecule has 0 saturated heterocycles. The summed E-state index contributed by atoms with van der Waals surface area (Å²) in [7, 11) is 5.05. The number of carbonyl (C=O) groups is 1. The fraction of sp³-hybridized carbons (Fsp3) is 0.412. The molecule has 1 heterocycles. The molecule has 124 valence electrons. The Balaban J connectivity index is 2.09. The van der Waals surface area contributed by atoms with Crippen LogP contribution in [-0.2, 0) is 18.3 Å². The van der Waals surface area contributed by atoms with Gasteiger partial charge < -0.3 is 14.8 Å². The van der Waals surface area contributed by atoms with E-state index in [1.54, 1.807) is 31.2 Å². The van der Waals surface area contributed by atoms with Crippen molar-refractivity contribution in [2.75, 3.05) is 14.2 Å². The summed E-state index contributed by atoms with van der Waals surface area (Å²) in [4.78, 5) is 12.4. The molecule has 1 unspecified atom stereocenters. The maximum absolute atomic E-state index is 12.4. The smallest absolute Gasteiger partial charge is 0.225 e. The molecule has 6 nitrogen and oxygen atoms in total. The van der Waals surface area contributed by atoms with Crippen molar-refractivity contribution in [3.05, 3.63) is 41.7 Å². The van der Waals surface area contributed by atoms with Gasteiger partial charge in [0.15, 0.2) is 0 Å². The van der Waals surface area contributed by atoms with Gasteiger partial charge in [0.2, 0.25) is 5.91 Å². The standard InChI is InChI=1S/C17H23N3O3/c1-5-15(13-10-18-20(2)11-13)19-17(21)9-12-8-14(22-3)6-7-16(12)23-4/h6-8,10-11,15H,5,9H2,1-4H3,(H,19,21). The molecule has 0 saturated carbocycles. The molecule has 0 fully saturated rings. The number of hydrogen-bond donors (Lipinski definition) is 1. The zero-order valence-corrected chi connectivity index (χ0v) is 14.0. The van der Waals surface area contributed by atoms with Crippen molar-refractivity contribution in [1.29, 1.82) is 0 Å². The third-order valence-corrected chi connectivity index (χ3v) is 3.71. The van der Waals surface area contributed by atoms with E-state index in [-0.39, 0.29) is 18.4 Å². The fourth-order valence-electron chi connectivity index (χ4n) is 2.48. The van der Waals surface area contributed by atoms with Gasteiger partial charge >= 0.3 is 0 Å². The van der Waals surface area contributed by atoms with Crippen molar-refractivity contribution in [2.24, 2.45) is 7.05 Å². The number of aromatic nitrogens is 2. The lowest BCUT2D eigenvalue weighted by Crippen LogP contribution is -2.29. The third-order valence-electron chi connectivity index (χ3n) is 3.71. The van der Waals surface area contributed by atoms with Crippen molar-refractivity contribution in [3.63, 3.8) is 0 Å². The maximum atomic E-state index is 12.4. The van der Waals surface area contributed by atoms with Gasteiger partial charge in [-0.05, 0) is 24.6 Å². The normalized spacial score (nSPS) is 11.8. The van der Waals surface area contributed by atoms with Gasteiger partial charge in [-0.3, -0.25) is 9.48 Å². The Labute approximate surface area is 136 Å². The summed E-state index contributed by atoms with van der Waals surface area (Å²) < 4.78 is 12.3. The van der Waals surface area contributed by atoms with Crippen molar-refractivity contribution in [2.45, 2.75) is 25.8 Å². The molecular weight excluding hydrogens is 294 g/mol. The minimum Gasteiger partial charge on any atom is -0.497 e. The number of hydrogen-bond acceptors (Lipinski definition) is 4. The zero-order valence-electron chi connectivity index (χ0n) is 14.0. The molecular formula is C17H23N3O3. The largest absolute Gasteiger partial charge is 0.497 e. The molecule has 1 aromatic heterocycles. The van der Waals surface area contributed by atoms with Gasteiger partial charge in [-0.15, -0.1) is 0 Å². The lowest BCUT2D eigenvalue weighted by atomic mass is 10.1. The summed E-state index contributed by atoms with van der Waals surface area (Å²) in [5, 5.41) is 7.20. The van der Waals surface area contributed by atoms with Gasteiger partial charge in [-0.1, -0.05) is 6.92 Å².